The number of nitrogens with two attached hydrogens (primary N) is 1. The van der Waals surface area contributed by atoms with Crippen molar-refractivity contribution < 1.29 is 107 Å². The Morgan fingerprint density at radius 3 is 1.66 bits per heavy atom. The lowest BCUT2D eigenvalue weighted by Gasteiger charge is -2.34. The highest BCUT2D eigenvalue weighted by Gasteiger charge is 2.42. The maximum absolute atomic E-state index is 14.9. The fourth-order valence-corrected chi connectivity index (χ4v) is 15.0. The Hall–Kier alpha value is -7.86. The van der Waals surface area contributed by atoms with Crippen LogP contribution in [0.2, 0.25) is 0 Å². The molecule has 39 heteroatoms. The number of aliphatic hydroxyl groups excluding tert-OH is 1. The smallest absolute Gasteiger partial charge is 0.327 e. The van der Waals surface area contributed by atoms with E-state index in [-0.39, 0.29) is 161 Å². The van der Waals surface area contributed by atoms with Crippen molar-refractivity contribution in [3.63, 3.8) is 0 Å². The number of primary amides is 1. The zero-order valence-electron chi connectivity index (χ0n) is 62.4. The first-order valence-electron chi connectivity index (χ1n) is 37.3. The van der Waals surface area contributed by atoms with Gasteiger partial charge in [0.2, 0.25) is 59.1 Å². The topological polar surface area (TPSA) is 510 Å². The van der Waals surface area contributed by atoms with Gasteiger partial charge in [-0.05, 0) is 70.4 Å². The Bertz CT molecular complexity index is 3080. The van der Waals surface area contributed by atoms with Crippen LogP contribution >= 0.6 is 21.6 Å². The van der Waals surface area contributed by atoms with Crippen LogP contribution in [0.25, 0.3) is 0 Å². The van der Waals surface area contributed by atoms with Gasteiger partial charge in [0, 0.05) is 135 Å². The number of aliphatic hydroxyl groups is 1. The monoisotopic (exact) mass is 1580 g/mol. The van der Waals surface area contributed by atoms with Crippen LogP contribution in [-0.2, 0) is 87.8 Å². The number of nitrogens with one attached hydrogen (secondary N) is 8. The molecule has 1 aromatic carbocycles. The van der Waals surface area contributed by atoms with Crippen LogP contribution in [0.3, 0.4) is 0 Å². The number of hydrogen-bond acceptors (Lipinski definition) is 25. The number of ether oxygens (including phenoxy) is 3. The lowest BCUT2D eigenvalue weighted by molar-refractivity contribution is -0.141. The molecule has 37 nitrogen and oxygen atoms in total. The summed E-state index contributed by atoms with van der Waals surface area (Å²) >= 11 is 0. The maximum Gasteiger partial charge on any atom is 0.327 e. The second-order valence-electron chi connectivity index (χ2n) is 27.3. The molecule has 109 heavy (non-hydrogen) atoms. The van der Waals surface area contributed by atoms with Crippen molar-refractivity contribution in [1.82, 2.24) is 71.9 Å². The van der Waals surface area contributed by atoms with Gasteiger partial charge < -0.3 is 92.9 Å². The van der Waals surface area contributed by atoms with Crippen LogP contribution in [0.5, 0.6) is 0 Å². The molecule has 0 saturated carbocycles. The number of benzene rings is 1. The van der Waals surface area contributed by atoms with Gasteiger partial charge in [-0.3, -0.25) is 86.8 Å². The summed E-state index contributed by atoms with van der Waals surface area (Å²) in [6, 6.07) is -1.33. The Morgan fingerprint density at radius 1 is 0.587 bits per heavy atom. The Kier molecular flexibility index (Phi) is 42.8. The second kappa shape index (κ2) is 50.8. The molecule has 0 unspecified atom stereocenters. The predicted molar refractivity (Wildman–Crippen MR) is 399 cm³/mol. The Balaban J connectivity index is 1.08. The molecule has 10 amide bonds. The van der Waals surface area contributed by atoms with E-state index in [1.165, 1.54) is 6.92 Å². The number of carboxylic acid groups (broad SMARTS) is 4. The fraction of sp³-hybridized carbons (Fsp3) is 0.714. The maximum atomic E-state index is 14.9. The van der Waals surface area contributed by atoms with Gasteiger partial charge in [-0.2, -0.15) is 0 Å². The highest BCUT2D eigenvalue weighted by atomic mass is 33.1. The largest absolute Gasteiger partial charge is 0.480 e. The normalized spacial score (nSPS) is 22.7. The van der Waals surface area contributed by atoms with E-state index in [2.05, 4.69) is 42.5 Å². The molecule has 4 aliphatic heterocycles. The molecule has 0 radical (unpaired) electrons. The molecule has 0 aromatic heterocycles. The van der Waals surface area contributed by atoms with Gasteiger partial charge in [0.15, 0.2) is 0 Å². The van der Waals surface area contributed by atoms with Gasteiger partial charge in [0.1, 0.15) is 36.3 Å². The number of nitrogens with zero attached hydrogens (tertiary/aromatic N) is 6. The van der Waals surface area contributed by atoms with E-state index in [4.69, 9.17) is 19.9 Å². The number of carbonyl (C=O) groups excluding carboxylic acids is 10. The first kappa shape index (κ1) is 91.7. The minimum Gasteiger partial charge on any atom is -0.480 e. The summed E-state index contributed by atoms with van der Waals surface area (Å²) in [5.74, 6) is -11.7. The minimum atomic E-state index is -1.61. The summed E-state index contributed by atoms with van der Waals surface area (Å²) in [6.45, 7) is 7.88. The van der Waals surface area contributed by atoms with Gasteiger partial charge in [0.25, 0.3) is 0 Å². The molecule has 4 fully saturated rings. The van der Waals surface area contributed by atoms with Gasteiger partial charge >= 0.3 is 23.9 Å². The number of amides is 10. The summed E-state index contributed by atoms with van der Waals surface area (Å²) in [7, 11) is 2.05. The van der Waals surface area contributed by atoms with Gasteiger partial charge in [-0.25, -0.2) is 4.79 Å². The molecular weight excluding hydrogens is 1470 g/mol. The first-order chi connectivity index (χ1) is 52.2. The molecular formula is C70H113N15O22S2. The highest BCUT2D eigenvalue weighted by Crippen LogP contribution is 2.28. The summed E-state index contributed by atoms with van der Waals surface area (Å²) in [6.07, 6.45) is 1.46. The van der Waals surface area contributed by atoms with Crippen molar-refractivity contribution in [2.45, 2.75) is 158 Å². The molecule has 5 rings (SSSR count). The second-order valence-corrected chi connectivity index (χ2v) is 29.9. The first-order valence-corrected chi connectivity index (χ1v) is 39.8. The summed E-state index contributed by atoms with van der Waals surface area (Å²) < 4.78 is 16.9. The van der Waals surface area contributed by atoms with E-state index >= 15 is 0 Å². The van der Waals surface area contributed by atoms with Crippen molar-refractivity contribution in [3.8, 4) is 0 Å². The summed E-state index contributed by atoms with van der Waals surface area (Å²) in [4.78, 5) is 195. The Morgan fingerprint density at radius 2 is 1.11 bits per heavy atom. The van der Waals surface area contributed by atoms with E-state index in [0.29, 0.717) is 96.3 Å². The van der Waals surface area contributed by atoms with E-state index in [1.54, 1.807) is 49.9 Å². The quantitative estimate of drug-likeness (QED) is 0.0223. The van der Waals surface area contributed by atoms with E-state index < -0.39 is 138 Å². The SMILES string of the molecule is CCCC[C@H](NC(=O)CCC(=O)NCCCOCCOCCOCCCNC(=O)CN1CCN(CC(=O)O)CCN(CC(=O)O)CCN(CC(=O)O)CC1)C(=O)N[C@H]1CSSC[C@@H](C(=O)O)NC(=O)[C@H](Cc2ccccc2)NC(=O)[C@H](CCC(N)=O)NC(=O)[C@H]([C@@H](C)O)NC(=O)[C@@H]2CCCN2C[C@@H]2CCCN2C1=O. The Labute approximate surface area is 642 Å². The van der Waals surface area contributed by atoms with Crippen molar-refractivity contribution in [2.75, 3.05) is 162 Å². The number of carbonyl (C=O) groups is 14. The molecule has 0 spiro atoms. The molecule has 9 atom stereocenters. The number of rotatable bonds is 38. The lowest BCUT2D eigenvalue weighted by atomic mass is 10.0. The third-order valence-corrected chi connectivity index (χ3v) is 21.0. The molecule has 0 bridgehead atoms. The van der Waals surface area contributed by atoms with Crippen LogP contribution in [-0.4, -0.2) is 355 Å². The number of carboxylic acids is 4. The average molecular weight is 1580 g/mol. The van der Waals surface area contributed by atoms with Gasteiger partial charge in [-0.1, -0.05) is 71.7 Å². The molecule has 15 N–H and O–H groups in total. The average Bonchev–Trinajstić information content (AvgIpc) is 1.70. The van der Waals surface area contributed by atoms with Crippen molar-refractivity contribution in [1.29, 1.82) is 0 Å². The van der Waals surface area contributed by atoms with Crippen LogP contribution < -0.4 is 48.3 Å². The zero-order valence-corrected chi connectivity index (χ0v) is 64.0. The van der Waals surface area contributed by atoms with Crippen LogP contribution in [0.4, 0.5) is 0 Å². The number of fused-ring (bicyclic) bond motifs is 2. The predicted octanol–water partition coefficient (Wildman–Crippen LogP) is -3.77. The van der Waals surface area contributed by atoms with Crippen LogP contribution in [0, 0.1) is 0 Å². The standard InChI is InChI=1S/C70H113N15O22S2/c1-3-4-15-50(74-58(89)20-19-57(88)72-21-10-33-105-35-37-107-38-36-106-34-11-22-73-59(90)41-80-25-27-81(42-60(91)92)29-31-83(44-62(95)96)32-30-82(28-26-80)43-61(93)94)64(97)77-53-45-108-109-46-54(70(103)104)78-66(99)52(39-48-12-6-5-7-13-48)76-65(98)51(17-18-56(71)87)75-68(101)63(47(2)86)79-67(100)55-16-9-23-84(55)40-49-14-8-24-85(49)69(53)102/h5-7,12-13,47,49-55,63,86H,3-4,8-11,14-46H2,1-2H3,(H2,71,87)(H,72,88)(H,73,90)(H,74,89)(H,75,101)(H,76,98)(H,77,97)(H,78,99)(H,79,100)(H,91,92)(H,93,94)(H,95,96)(H,103,104)/t47-,49+,50+,51+,52+,53+,54+,55+,63+/m1/s1. The molecule has 612 valence electrons. The molecule has 4 aliphatic rings. The number of unbranched alkanes of at least 4 members (excludes halogenated alkanes) is 1. The van der Waals surface area contributed by atoms with Crippen molar-refractivity contribution in [2.24, 2.45) is 5.73 Å². The molecule has 4 saturated heterocycles. The van der Waals surface area contributed by atoms with Gasteiger partial charge in [0.05, 0.1) is 64.8 Å². The van der Waals surface area contributed by atoms with Gasteiger partial charge in [-0.15, -0.1) is 0 Å². The number of aliphatic carboxylic acids is 4. The lowest BCUT2D eigenvalue weighted by Crippen LogP contribution is -2.61. The third kappa shape index (κ3) is 36.2. The van der Waals surface area contributed by atoms with Crippen LogP contribution in [0.15, 0.2) is 30.3 Å². The van der Waals surface area contributed by atoms with E-state index in [1.807, 2.05) is 16.7 Å². The molecule has 4 heterocycles. The zero-order chi connectivity index (χ0) is 79.6. The number of hydrogen-bond donors (Lipinski definition) is 14. The summed E-state index contributed by atoms with van der Waals surface area (Å²) in [5.41, 5.74) is 6.01. The van der Waals surface area contributed by atoms with Crippen LogP contribution in [0.1, 0.15) is 103 Å². The fourth-order valence-electron chi connectivity index (χ4n) is 12.7. The van der Waals surface area contributed by atoms with E-state index in [0.717, 1.165) is 21.6 Å². The summed E-state index contributed by atoms with van der Waals surface area (Å²) in [5, 5.41) is 71.2. The minimum absolute atomic E-state index is 0.00620. The third-order valence-electron chi connectivity index (χ3n) is 18.6. The highest BCUT2D eigenvalue weighted by molar-refractivity contribution is 8.76. The van der Waals surface area contributed by atoms with Crippen molar-refractivity contribution >= 4 is 105 Å². The molecule has 0 aliphatic carbocycles. The van der Waals surface area contributed by atoms with Crippen molar-refractivity contribution in [3.05, 3.63) is 35.9 Å². The molecule has 1 aromatic rings. The van der Waals surface area contributed by atoms with E-state index in [9.17, 15) is 92.7 Å².